The van der Waals surface area contributed by atoms with Gasteiger partial charge in [0.1, 0.15) is 12.6 Å². The molecule has 0 radical (unpaired) electrons. The third kappa shape index (κ3) is 8.89. The SMILES string of the molecule is COC(=O)CNC(=O)[C@H](CC(C)C)NC(=O)[C@@H](N)CCSC. The molecule has 0 spiro atoms. The highest BCUT2D eigenvalue weighted by Gasteiger charge is 2.24. The van der Waals surface area contributed by atoms with Gasteiger partial charge in [0.15, 0.2) is 0 Å². The molecule has 128 valence electrons. The smallest absolute Gasteiger partial charge is 0.325 e. The number of methoxy groups -OCH3 is 1. The molecule has 0 fully saturated rings. The van der Waals surface area contributed by atoms with Gasteiger partial charge in [0.25, 0.3) is 0 Å². The number of nitrogens with two attached hydrogens (primary N) is 1. The lowest BCUT2D eigenvalue weighted by Gasteiger charge is -2.21. The van der Waals surface area contributed by atoms with Crippen LogP contribution >= 0.6 is 11.8 Å². The van der Waals surface area contributed by atoms with Gasteiger partial charge in [0.2, 0.25) is 11.8 Å². The van der Waals surface area contributed by atoms with Crippen LogP contribution in [0.25, 0.3) is 0 Å². The van der Waals surface area contributed by atoms with Crippen LogP contribution in [0.1, 0.15) is 26.7 Å². The molecule has 0 saturated heterocycles. The summed E-state index contributed by atoms with van der Waals surface area (Å²) in [7, 11) is 1.24. The van der Waals surface area contributed by atoms with Crippen molar-refractivity contribution in [2.45, 2.75) is 38.8 Å². The van der Waals surface area contributed by atoms with Gasteiger partial charge in [-0.3, -0.25) is 14.4 Å². The second-order valence-electron chi connectivity index (χ2n) is 5.37. The van der Waals surface area contributed by atoms with Crippen LogP contribution in [-0.4, -0.2) is 55.5 Å². The molecule has 0 rings (SSSR count). The van der Waals surface area contributed by atoms with Gasteiger partial charge in [-0.05, 0) is 30.8 Å². The molecule has 22 heavy (non-hydrogen) atoms. The third-order valence-electron chi connectivity index (χ3n) is 2.94. The van der Waals surface area contributed by atoms with E-state index in [1.807, 2.05) is 20.1 Å². The Morgan fingerprint density at radius 3 is 2.36 bits per heavy atom. The van der Waals surface area contributed by atoms with Crippen LogP contribution in [0.15, 0.2) is 0 Å². The second kappa shape index (κ2) is 11.3. The number of hydrogen-bond donors (Lipinski definition) is 3. The minimum absolute atomic E-state index is 0.205. The van der Waals surface area contributed by atoms with E-state index in [-0.39, 0.29) is 18.4 Å². The summed E-state index contributed by atoms with van der Waals surface area (Å²) in [5.41, 5.74) is 5.80. The first-order valence-corrected chi connectivity index (χ1v) is 8.60. The van der Waals surface area contributed by atoms with Crippen molar-refractivity contribution in [1.29, 1.82) is 0 Å². The topological polar surface area (TPSA) is 111 Å². The van der Waals surface area contributed by atoms with Crippen molar-refractivity contribution in [1.82, 2.24) is 10.6 Å². The Labute approximate surface area is 136 Å². The van der Waals surface area contributed by atoms with Crippen LogP contribution in [0.5, 0.6) is 0 Å². The number of amides is 2. The second-order valence-corrected chi connectivity index (χ2v) is 6.36. The van der Waals surface area contributed by atoms with Crippen molar-refractivity contribution in [2.75, 3.05) is 25.7 Å². The normalized spacial score (nSPS) is 13.4. The van der Waals surface area contributed by atoms with Crippen LogP contribution in [0, 0.1) is 5.92 Å². The molecule has 7 nitrogen and oxygen atoms in total. The fraction of sp³-hybridized carbons (Fsp3) is 0.786. The van der Waals surface area contributed by atoms with Gasteiger partial charge in [0.05, 0.1) is 13.2 Å². The average Bonchev–Trinajstić information content (AvgIpc) is 2.48. The maximum absolute atomic E-state index is 12.1. The van der Waals surface area contributed by atoms with E-state index in [2.05, 4.69) is 15.4 Å². The fourth-order valence-corrected chi connectivity index (χ4v) is 2.20. The van der Waals surface area contributed by atoms with Crippen LogP contribution < -0.4 is 16.4 Å². The Morgan fingerprint density at radius 2 is 1.86 bits per heavy atom. The summed E-state index contributed by atoms with van der Waals surface area (Å²) in [6.07, 6.45) is 2.95. The minimum atomic E-state index is -0.711. The lowest BCUT2D eigenvalue weighted by Crippen LogP contribution is -2.52. The number of hydrogen-bond acceptors (Lipinski definition) is 6. The van der Waals surface area contributed by atoms with Gasteiger partial charge < -0.3 is 21.1 Å². The average molecular weight is 333 g/mol. The van der Waals surface area contributed by atoms with E-state index in [4.69, 9.17) is 5.73 Å². The molecule has 0 unspecified atom stereocenters. The van der Waals surface area contributed by atoms with Crippen LogP contribution in [-0.2, 0) is 19.1 Å². The summed E-state index contributed by atoms with van der Waals surface area (Å²) in [5.74, 6) is -0.327. The maximum Gasteiger partial charge on any atom is 0.325 e. The monoisotopic (exact) mass is 333 g/mol. The predicted molar refractivity (Wildman–Crippen MR) is 87.4 cm³/mol. The van der Waals surface area contributed by atoms with E-state index in [1.54, 1.807) is 11.8 Å². The summed E-state index contributed by atoms with van der Waals surface area (Å²) in [4.78, 5) is 35.2. The number of nitrogens with one attached hydrogen (secondary N) is 2. The van der Waals surface area contributed by atoms with Crippen LogP contribution in [0.3, 0.4) is 0 Å². The number of thioether (sulfide) groups is 1. The minimum Gasteiger partial charge on any atom is -0.468 e. The number of ether oxygens (including phenoxy) is 1. The third-order valence-corrected chi connectivity index (χ3v) is 3.59. The Balaban J connectivity index is 4.58. The van der Waals surface area contributed by atoms with E-state index in [0.29, 0.717) is 12.8 Å². The molecule has 4 N–H and O–H groups in total. The van der Waals surface area contributed by atoms with E-state index < -0.39 is 24.0 Å². The summed E-state index contributed by atoms with van der Waals surface area (Å²) in [6, 6.07) is -1.35. The summed E-state index contributed by atoms with van der Waals surface area (Å²) in [6.45, 7) is 3.67. The van der Waals surface area contributed by atoms with Crippen LogP contribution in [0.2, 0.25) is 0 Å². The molecule has 0 bridgehead atoms. The van der Waals surface area contributed by atoms with Gasteiger partial charge in [-0.25, -0.2) is 0 Å². The zero-order valence-electron chi connectivity index (χ0n) is 13.7. The highest BCUT2D eigenvalue weighted by Crippen LogP contribution is 2.06. The van der Waals surface area contributed by atoms with E-state index in [9.17, 15) is 14.4 Å². The Morgan fingerprint density at radius 1 is 1.23 bits per heavy atom. The number of esters is 1. The molecule has 2 amide bonds. The highest BCUT2D eigenvalue weighted by molar-refractivity contribution is 7.98. The Hall–Kier alpha value is -1.28. The number of carbonyl (C=O) groups is 3. The zero-order valence-corrected chi connectivity index (χ0v) is 14.5. The van der Waals surface area contributed by atoms with Crippen molar-refractivity contribution in [2.24, 2.45) is 11.7 Å². The van der Waals surface area contributed by atoms with Crippen molar-refractivity contribution in [3.8, 4) is 0 Å². The molecule has 0 aliphatic rings. The number of rotatable bonds is 10. The predicted octanol–water partition coefficient (Wildman–Crippen LogP) is -0.113. The van der Waals surface area contributed by atoms with E-state index >= 15 is 0 Å². The zero-order chi connectivity index (χ0) is 17.1. The molecular weight excluding hydrogens is 306 g/mol. The first-order valence-electron chi connectivity index (χ1n) is 7.21. The molecule has 0 aromatic carbocycles. The van der Waals surface area contributed by atoms with Gasteiger partial charge in [-0.2, -0.15) is 11.8 Å². The van der Waals surface area contributed by atoms with Crippen molar-refractivity contribution < 1.29 is 19.1 Å². The molecule has 0 aliphatic heterocycles. The standard InChI is InChI=1S/C14H27N3O4S/c1-9(2)7-11(14(20)16-8-12(18)21-3)17-13(19)10(15)5-6-22-4/h9-11H,5-8,15H2,1-4H3,(H,16,20)(H,17,19)/t10-,11-/m0/s1. The largest absolute Gasteiger partial charge is 0.468 e. The van der Waals surface area contributed by atoms with E-state index in [1.165, 1.54) is 7.11 Å². The van der Waals surface area contributed by atoms with Crippen molar-refractivity contribution >= 4 is 29.5 Å². The summed E-state index contributed by atoms with van der Waals surface area (Å²) < 4.78 is 4.46. The van der Waals surface area contributed by atoms with E-state index in [0.717, 1.165) is 5.75 Å². The van der Waals surface area contributed by atoms with Crippen molar-refractivity contribution in [3.63, 3.8) is 0 Å². The summed E-state index contributed by atoms with van der Waals surface area (Å²) in [5, 5.41) is 5.11. The van der Waals surface area contributed by atoms with Crippen LogP contribution in [0.4, 0.5) is 0 Å². The quantitative estimate of drug-likeness (QED) is 0.481. The molecule has 2 atom stereocenters. The first-order chi connectivity index (χ1) is 10.3. The van der Waals surface area contributed by atoms with Gasteiger partial charge in [-0.15, -0.1) is 0 Å². The fourth-order valence-electron chi connectivity index (χ4n) is 1.71. The lowest BCUT2D eigenvalue weighted by atomic mass is 10.0. The number of carbonyl (C=O) groups excluding carboxylic acids is 3. The molecule has 0 aliphatic carbocycles. The highest BCUT2D eigenvalue weighted by atomic mass is 32.2. The molecule has 0 heterocycles. The summed E-state index contributed by atoms with van der Waals surface area (Å²) >= 11 is 1.61. The molecule has 8 heteroatoms. The molecule has 0 saturated carbocycles. The Kier molecular flexibility index (Phi) is 10.7. The van der Waals surface area contributed by atoms with Gasteiger partial charge >= 0.3 is 5.97 Å². The first kappa shape index (κ1) is 20.7. The van der Waals surface area contributed by atoms with Crippen molar-refractivity contribution in [3.05, 3.63) is 0 Å². The Bertz CT molecular complexity index is 377. The molecule has 0 aromatic heterocycles. The maximum atomic E-state index is 12.1. The molecular formula is C14H27N3O4S. The van der Waals surface area contributed by atoms with Gasteiger partial charge in [0, 0.05) is 0 Å². The van der Waals surface area contributed by atoms with Gasteiger partial charge in [-0.1, -0.05) is 13.8 Å². The molecule has 0 aromatic rings. The lowest BCUT2D eigenvalue weighted by molar-refractivity contribution is -0.141.